The SMILES string of the molecule is CCCCOc1ccc(C(=O)Cl)c(OCCCC)c1Cl. The van der Waals surface area contributed by atoms with E-state index in [0.29, 0.717) is 29.7 Å². The predicted molar refractivity (Wildman–Crippen MR) is 82.4 cm³/mol. The number of carbonyl (C=O) groups is 1. The Kier molecular flexibility index (Phi) is 7.78. The smallest absolute Gasteiger partial charge is 0.256 e. The maximum atomic E-state index is 11.4. The zero-order chi connectivity index (χ0) is 15.0. The molecule has 0 N–H and O–H groups in total. The lowest BCUT2D eigenvalue weighted by molar-refractivity contribution is 0.107. The summed E-state index contributed by atoms with van der Waals surface area (Å²) in [6.07, 6.45) is 3.86. The molecular formula is C15H20Cl2O3. The molecule has 0 aliphatic rings. The lowest BCUT2D eigenvalue weighted by Gasteiger charge is -2.14. The number of benzene rings is 1. The van der Waals surface area contributed by atoms with Crippen molar-refractivity contribution < 1.29 is 14.3 Å². The molecule has 0 saturated carbocycles. The maximum Gasteiger partial charge on any atom is 0.256 e. The normalized spacial score (nSPS) is 10.4. The summed E-state index contributed by atoms with van der Waals surface area (Å²) in [5.74, 6) is 0.836. The van der Waals surface area contributed by atoms with Gasteiger partial charge in [-0.3, -0.25) is 4.79 Å². The van der Waals surface area contributed by atoms with Gasteiger partial charge in [-0.05, 0) is 36.6 Å². The number of hydrogen-bond donors (Lipinski definition) is 0. The second-order valence-corrected chi connectivity index (χ2v) is 5.15. The van der Waals surface area contributed by atoms with Gasteiger partial charge in [0.2, 0.25) is 0 Å². The molecule has 0 bridgehead atoms. The molecule has 5 heteroatoms. The molecule has 1 aromatic carbocycles. The second-order valence-electron chi connectivity index (χ2n) is 4.43. The van der Waals surface area contributed by atoms with Crippen molar-refractivity contribution in [3.8, 4) is 11.5 Å². The van der Waals surface area contributed by atoms with Crippen molar-refractivity contribution >= 4 is 28.4 Å². The number of ether oxygens (including phenoxy) is 2. The van der Waals surface area contributed by atoms with E-state index in [2.05, 4.69) is 13.8 Å². The minimum Gasteiger partial charge on any atom is -0.492 e. The van der Waals surface area contributed by atoms with Crippen LogP contribution in [0, 0.1) is 0 Å². The third kappa shape index (κ3) is 4.88. The fourth-order valence-corrected chi connectivity index (χ4v) is 2.01. The van der Waals surface area contributed by atoms with Crippen LogP contribution in [-0.2, 0) is 0 Å². The Bertz CT molecular complexity index is 447. The van der Waals surface area contributed by atoms with Crippen LogP contribution in [0.25, 0.3) is 0 Å². The van der Waals surface area contributed by atoms with Gasteiger partial charge in [-0.2, -0.15) is 0 Å². The van der Waals surface area contributed by atoms with E-state index in [1.807, 2.05) is 0 Å². The summed E-state index contributed by atoms with van der Waals surface area (Å²) in [5, 5.41) is -0.276. The molecule has 0 radical (unpaired) electrons. The number of carbonyl (C=O) groups excluding carboxylic acids is 1. The van der Waals surface area contributed by atoms with E-state index >= 15 is 0 Å². The lowest BCUT2D eigenvalue weighted by atomic mass is 10.2. The van der Waals surface area contributed by atoms with Gasteiger partial charge in [0.05, 0.1) is 18.8 Å². The molecule has 0 saturated heterocycles. The summed E-state index contributed by atoms with van der Waals surface area (Å²) in [6, 6.07) is 3.24. The predicted octanol–water partition coefficient (Wildman–Crippen LogP) is 5.08. The molecule has 0 atom stereocenters. The van der Waals surface area contributed by atoms with Gasteiger partial charge in [0, 0.05) is 0 Å². The molecule has 0 heterocycles. The van der Waals surface area contributed by atoms with E-state index in [-0.39, 0.29) is 5.56 Å². The van der Waals surface area contributed by atoms with Crippen LogP contribution in [0.3, 0.4) is 0 Å². The molecule has 0 amide bonds. The molecule has 112 valence electrons. The van der Waals surface area contributed by atoms with Crippen LogP contribution in [0.4, 0.5) is 0 Å². The van der Waals surface area contributed by atoms with Gasteiger partial charge in [-0.1, -0.05) is 38.3 Å². The second kappa shape index (κ2) is 9.09. The molecule has 0 unspecified atom stereocenters. The first-order valence-electron chi connectivity index (χ1n) is 6.89. The first kappa shape index (κ1) is 17.1. The van der Waals surface area contributed by atoms with Crippen molar-refractivity contribution in [1.29, 1.82) is 0 Å². The first-order valence-corrected chi connectivity index (χ1v) is 7.65. The van der Waals surface area contributed by atoms with E-state index in [9.17, 15) is 4.79 Å². The Morgan fingerprint density at radius 3 is 2.25 bits per heavy atom. The Morgan fingerprint density at radius 2 is 1.70 bits per heavy atom. The highest BCUT2D eigenvalue weighted by atomic mass is 35.5. The van der Waals surface area contributed by atoms with Gasteiger partial charge in [-0.15, -0.1) is 0 Å². The average Bonchev–Trinajstić information content (AvgIpc) is 2.42. The quantitative estimate of drug-likeness (QED) is 0.470. The van der Waals surface area contributed by atoms with Crippen LogP contribution < -0.4 is 9.47 Å². The molecule has 3 nitrogen and oxygen atoms in total. The lowest BCUT2D eigenvalue weighted by Crippen LogP contribution is -2.04. The Labute approximate surface area is 130 Å². The molecule has 0 aliphatic heterocycles. The summed E-state index contributed by atoms with van der Waals surface area (Å²) in [7, 11) is 0. The molecule has 0 spiro atoms. The van der Waals surface area contributed by atoms with Crippen molar-refractivity contribution in [2.24, 2.45) is 0 Å². The topological polar surface area (TPSA) is 35.5 Å². The summed E-state index contributed by atoms with van der Waals surface area (Å²) in [6.45, 7) is 5.22. The van der Waals surface area contributed by atoms with Gasteiger partial charge >= 0.3 is 0 Å². The fraction of sp³-hybridized carbons (Fsp3) is 0.533. The number of halogens is 2. The standard InChI is InChI=1S/C15H20Cl2O3/c1-3-5-9-19-12-8-7-11(15(17)18)14(13(12)16)20-10-6-4-2/h7-8H,3-6,9-10H2,1-2H3. The molecule has 1 rings (SSSR count). The third-order valence-corrected chi connectivity index (χ3v) is 3.33. The highest BCUT2D eigenvalue weighted by Crippen LogP contribution is 2.38. The van der Waals surface area contributed by atoms with Gasteiger partial charge in [0.25, 0.3) is 5.24 Å². The minimum absolute atomic E-state index is 0.274. The van der Waals surface area contributed by atoms with E-state index in [1.54, 1.807) is 12.1 Å². The molecule has 0 aliphatic carbocycles. The van der Waals surface area contributed by atoms with Crippen LogP contribution in [0.5, 0.6) is 11.5 Å². The van der Waals surface area contributed by atoms with Crippen LogP contribution >= 0.6 is 23.2 Å². The Morgan fingerprint density at radius 1 is 1.10 bits per heavy atom. The van der Waals surface area contributed by atoms with Crippen molar-refractivity contribution in [3.63, 3.8) is 0 Å². The first-order chi connectivity index (χ1) is 9.61. The third-order valence-electron chi connectivity index (χ3n) is 2.77. The van der Waals surface area contributed by atoms with Crippen molar-refractivity contribution in [2.75, 3.05) is 13.2 Å². The van der Waals surface area contributed by atoms with E-state index in [0.717, 1.165) is 25.7 Å². The minimum atomic E-state index is -0.585. The van der Waals surface area contributed by atoms with Gasteiger partial charge < -0.3 is 9.47 Å². The van der Waals surface area contributed by atoms with Crippen LogP contribution in [0.15, 0.2) is 12.1 Å². The number of hydrogen-bond acceptors (Lipinski definition) is 3. The summed E-state index contributed by atoms with van der Waals surface area (Å²) < 4.78 is 11.2. The van der Waals surface area contributed by atoms with Crippen LogP contribution in [0.1, 0.15) is 49.9 Å². The Balaban J connectivity index is 2.94. The Hall–Kier alpha value is -0.930. The molecule has 0 fully saturated rings. The number of unbranched alkanes of at least 4 members (excludes halogenated alkanes) is 2. The zero-order valence-corrected chi connectivity index (χ0v) is 13.4. The van der Waals surface area contributed by atoms with E-state index in [1.165, 1.54) is 0 Å². The fourth-order valence-electron chi connectivity index (χ4n) is 1.59. The average molecular weight is 319 g/mol. The summed E-state index contributed by atoms with van der Waals surface area (Å²) >= 11 is 11.8. The van der Waals surface area contributed by atoms with Crippen molar-refractivity contribution in [2.45, 2.75) is 39.5 Å². The summed E-state index contributed by atoms with van der Waals surface area (Å²) in [4.78, 5) is 11.4. The van der Waals surface area contributed by atoms with Crippen molar-refractivity contribution in [3.05, 3.63) is 22.7 Å². The molecule has 20 heavy (non-hydrogen) atoms. The van der Waals surface area contributed by atoms with Gasteiger partial charge in [0.1, 0.15) is 10.8 Å². The zero-order valence-electron chi connectivity index (χ0n) is 11.9. The maximum absolute atomic E-state index is 11.4. The molecule has 0 aromatic heterocycles. The van der Waals surface area contributed by atoms with E-state index < -0.39 is 5.24 Å². The van der Waals surface area contributed by atoms with E-state index in [4.69, 9.17) is 32.7 Å². The van der Waals surface area contributed by atoms with Gasteiger partial charge in [0.15, 0.2) is 5.75 Å². The monoisotopic (exact) mass is 318 g/mol. The number of rotatable bonds is 9. The molecule has 1 aromatic rings. The van der Waals surface area contributed by atoms with Crippen LogP contribution in [-0.4, -0.2) is 18.5 Å². The largest absolute Gasteiger partial charge is 0.492 e. The van der Waals surface area contributed by atoms with Crippen LogP contribution in [0.2, 0.25) is 5.02 Å². The highest BCUT2D eigenvalue weighted by Gasteiger charge is 2.18. The summed E-state index contributed by atoms with van der Waals surface area (Å²) in [5.41, 5.74) is 0.274. The van der Waals surface area contributed by atoms with Crippen molar-refractivity contribution in [1.82, 2.24) is 0 Å². The highest BCUT2D eigenvalue weighted by molar-refractivity contribution is 6.68. The van der Waals surface area contributed by atoms with Gasteiger partial charge in [-0.25, -0.2) is 0 Å². The molecular weight excluding hydrogens is 299 g/mol.